The lowest BCUT2D eigenvalue weighted by atomic mass is 9.73. The van der Waals surface area contributed by atoms with Crippen LogP contribution in [0, 0.1) is 5.41 Å². The van der Waals surface area contributed by atoms with Crippen molar-refractivity contribution in [3.63, 3.8) is 0 Å². The second-order valence-electron chi connectivity index (χ2n) is 5.71. The highest BCUT2D eigenvalue weighted by Gasteiger charge is 2.31. The molecule has 2 nitrogen and oxygen atoms in total. The van der Waals surface area contributed by atoms with Crippen molar-refractivity contribution in [3.8, 4) is 0 Å². The molecule has 96 valence electrons. The van der Waals surface area contributed by atoms with Gasteiger partial charge in [-0.25, -0.2) is 0 Å². The molecule has 1 rings (SSSR count). The van der Waals surface area contributed by atoms with Crippen molar-refractivity contribution < 1.29 is 4.74 Å². The maximum Gasteiger partial charge on any atom is 0.0478 e. The van der Waals surface area contributed by atoms with Crippen molar-refractivity contribution in [1.29, 1.82) is 0 Å². The van der Waals surface area contributed by atoms with Crippen LogP contribution >= 0.6 is 0 Å². The lowest BCUT2D eigenvalue weighted by Gasteiger charge is -2.39. The summed E-state index contributed by atoms with van der Waals surface area (Å²) in [5.74, 6) is 0. The summed E-state index contributed by atoms with van der Waals surface area (Å²) < 4.78 is 5.48. The largest absolute Gasteiger partial charge is 0.381 e. The molecular formula is C14H29NO. The van der Waals surface area contributed by atoms with Crippen molar-refractivity contribution in [2.45, 2.75) is 65.3 Å². The molecule has 1 saturated carbocycles. The number of hydrogen-bond donors (Lipinski definition) is 1. The molecule has 1 aliphatic rings. The fourth-order valence-corrected chi connectivity index (χ4v) is 2.57. The van der Waals surface area contributed by atoms with Gasteiger partial charge in [0.2, 0.25) is 0 Å². The third-order valence-electron chi connectivity index (χ3n) is 3.71. The van der Waals surface area contributed by atoms with Crippen molar-refractivity contribution in [3.05, 3.63) is 0 Å². The summed E-state index contributed by atoms with van der Waals surface area (Å²) in [6.45, 7) is 9.89. The van der Waals surface area contributed by atoms with E-state index in [4.69, 9.17) is 4.74 Å². The van der Waals surface area contributed by atoms with Gasteiger partial charge in [-0.05, 0) is 37.6 Å². The first-order valence-electron chi connectivity index (χ1n) is 6.98. The maximum atomic E-state index is 5.48. The molecule has 0 saturated heterocycles. The van der Waals surface area contributed by atoms with E-state index in [1.165, 1.54) is 25.7 Å². The SMILES string of the molecule is CCCOCCCNC1CCCCC1(C)C. The Labute approximate surface area is 101 Å². The van der Waals surface area contributed by atoms with Crippen LogP contribution in [0.5, 0.6) is 0 Å². The highest BCUT2D eigenvalue weighted by atomic mass is 16.5. The van der Waals surface area contributed by atoms with Crippen LogP contribution < -0.4 is 5.32 Å². The predicted molar refractivity (Wildman–Crippen MR) is 69.8 cm³/mol. The van der Waals surface area contributed by atoms with Gasteiger partial charge in [-0.2, -0.15) is 0 Å². The minimum atomic E-state index is 0.489. The minimum Gasteiger partial charge on any atom is -0.381 e. The fourth-order valence-electron chi connectivity index (χ4n) is 2.57. The minimum absolute atomic E-state index is 0.489. The van der Waals surface area contributed by atoms with Crippen LogP contribution in [0.25, 0.3) is 0 Å². The summed E-state index contributed by atoms with van der Waals surface area (Å²) in [5.41, 5.74) is 0.489. The Morgan fingerprint density at radius 1 is 1.25 bits per heavy atom. The van der Waals surface area contributed by atoms with Crippen molar-refractivity contribution in [2.24, 2.45) is 5.41 Å². The van der Waals surface area contributed by atoms with E-state index in [9.17, 15) is 0 Å². The quantitative estimate of drug-likeness (QED) is 0.673. The second-order valence-corrected chi connectivity index (χ2v) is 5.71. The molecule has 1 N–H and O–H groups in total. The second kappa shape index (κ2) is 7.29. The number of hydrogen-bond acceptors (Lipinski definition) is 2. The standard InChI is InChI=1S/C14H29NO/c1-4-11-16-12-7-10-15-13-8-5-6-9-14(13,2)3/h13,15H,4-12H2,1-3H3. The molecule has 0 bridgehead atoms. The van der Waals surface area contributed by atoms with Crippen LogP contribution in [0.3, 0.4) is 0 Å². The van der Waals surface area contributed by atoms with Crippen molar-refractivity contribution in [2.75, 3.05) is 19.8 Å². The van der Waals surface area contributed by atoms with Crippen LogP contribution in [0.4, 0.5) is 0 Å². The molecule has 1 atom stereocenters. The fraction of sp³-hybridized carbons (Fsp3) is 1.00. The first-order chi connectivity index (χ1) is 7.67. The summed E-state index contributed by atoms with van der Waals surface area (Å²) >= 11 is 0. The Bertz CT molecular complexity index is 180. The molecule has 0 amide bonds. The highest BCUT2D eigenvalue weighted by molar-refractivity contribution is 4.87. The number of ether oxygens (including phenoxy) is 1. The van der Waals surface area contributed by atoms with E-state index in [0.29, 0.717) is 11.5 Å². The number of nitrogens with one attached hydrogen (secondary N) is 1. The van der Waals surface area contributed by atoms with Gasteiger partial charge >= 0.3 is 0 Å². The van der Waals surface area contributed by atoms with Gasteiger partial charge in [0.05, 0.1) is 0 Å². The van der Waals surface area contributed by atoms with Crippen LogP contribution in [-0.4, -0.2) is 25.8 Å². The summed E-state index contributed by atoms with van der Waals surface area (Å²) in [4.78, 5) is 0. The molecule has 0 aromatic heterocycles. The van der Waals surface area contributed by atoms with Crippen molar-refractivity contribution in [1.82, 2.24) is 5.32 Å². The summed E-state index contributed by atoms with van der Waals surface area (Å²) in [6.07, 6.45) is 7.80. The summed E-state index contributed by atoms with van der Waals surface area (Å²) in [7, 11) is 0. The zero-order chi connectivity index (χ0) is 11.9. The predicted octanol–water partition coefficient (Wildman–Crippen LogP) is 3.36. The first-order valence-corrected chi connectivity index (χ1v) is 6.98. The number of rotatable bonds is 7. The normalized spacial score (nSPS) is 24.6. The molecule has 0 aromatic carbocycles. The van der Waals surface area contributed by atoms with Crippen molar-refractivity contribution >= 4 is 0 Å². The van der Waals surface area contributed by atoms with Gasteiger partial charge in [0, 0.05) is 19.3 Å². The highest BCUT2D eigenvalue weighted by Crippen LogP contribution is 2.35. The average Bonchev–Trinajstić information content (AvgIpc) is 2.25. The Morgan fingerprint density at radius 2 is 2.06 bits per heavy atom. The molecule has 0 heterocycles. The molecule has 16 heavy (non-hydrogen) atoms. The third kappa shape index (κ3) is 4.84. The van der Waals surface area contributed by atoms with Crippen LogP contribution in [0.2, 0.25) is 0 Å². The van der Waals surface area contributed by atoms with Gasteiger partial charge in [0.1, 0.15) is 0 Å². The lowest BCUT2D eigenvalue weighted by Crippen LogP contribution is -2.44. The molecule has 0 spiro atoms. The van der Waals surface area contributed by atoms with Gasteiger partial charge in [0.15, 0.2) is 0 Å². The molecule has 0 aromatic rings. The molecule has 0 radical (unpaired) electrons. The van der Waals surface area contributed by atoms with Crippen LogP contribution in [-0.2, 0) is 4.74 Å². The zero-order valence-electron chi connectivity index (χ0n) is 11.3. The van der Waals surface area contributed by atoms with E-state index in [1.54, 1.807) is 0 Å². The Morgan fingerprint density at radius 3 is 2.75 bits per heavy atom. The van der Waals surface area contributed by atoms with Gasteiger partial charge < -0.3 is 10.1 Å². The first kappa shape index (κ1) is 14.0. The Balaban J connectivity index is 2.07. The summed E-state index contributed by atoms with van der Waals surface area (Å²) in [6, 6.07) is 0.715. The van der Waals surface area contributed by atoms with Gasteiger partial charge in [-0.1, -0.05) is 33.6 Å². The Kier molecular flexibility index (Phi) is 6.37. The Hall–Kier alpha value is -0.0800. The summed E-state index contributed by atoms with van der Waals surface area (Å²) in [5, 5.41) is 3.71. The average molecular weight is 227 g/mol. The molecule has 2 heteroatoms. The van der Waals surface area contributed by atoms with E-state index in [1.807, 2.05) is 0 Å². The lowest BCUT2D eigenvalue weighted by molar-refractivity contribution is 0.124. The maximum absolute atomic E-state index is 5.48. The van der Waals surface area contributed by atoms with E-state index in [-0.39, 0.29) is 0 Å². The van der Waals surface area contributed by atoms with E-state index in [0.717, 1.165) is 32.6 Å². The molecular weight excluding hydrogens is 198 g/mol. The topological polar surface area (TPSA) is 21.3 Å². The molecule has 1 aliphatic carbocycles. The van der Waals surface area contributed by atoms with E-state index < -0.39 is 0 Å². The van der Waals surface area contributed by atoms with Crippen LogP contribution in [0.15, 0.2) is 0 Å². The molecule has 0 aliphatic heterocycles. The monoisotopic (exact) mass is 227 g/mol. The van der Waals surface area contributed by atoms with E-state index in [2.05, 4.69) is 26.1 Å². The third-order valence-corrected chi connectivity index (χ3v) is 3.71. The molecule has 1 unspecified atom stereocenters. The van der Waals surface area contributed by atoms with Gasteiger partial charge in [-0.3, -0.25) is 0 Å². The van der Waals surface area contributed by atoms with Crippen LogP contribution in [0.1, 0.15) is 59.3 Å². The van der Waals surface area contributed by atoms with E-state index >= 15 is 0 Å². The van der Waals surface area contributed by atoms with Gasteiger partial charge in [-0.15, -0.1) is 0 Å². The van der Waals surface area contributed by atoms with Gasteiger partial charge in [0.25, 0.3) is 0 Å². The smallest absolute Gasteiger partial charge is 0.0478 e. The molecule has 1 fully saturated rings. The zero-order valence-corrected chi connectivity index (χ0v) is 11.3.